The van der Waals surface area contributed by atoms with Crippen molar-refractivity contribution < 1.29 is 4.79 Å². The van der Waals surface area contributed by atoms with E-state index in [0.29, 0.717) is 12.3 Å². The van der Waals surface area contributed by atoms with E-state index in [1.807, 2.05) is 0 Å². The van der Waals surface area contributed by atoms with E-state index in [-0.39, 0.29) is 5.78 Å². The average Bonchev–Trinajstić information content (AvgIpc) is 2.35. The van der Waals surface area contributed by atoms with E-state index in [1.54, 1.807) is 6.92 Å². The van der Waals surface area contributed by atoms with Crippen molar-refractivity contribution in [3.63, 3.8) is 0 Å². The summed E-state index contributed by atoms with van der Waals surface area (Å²) in [6.07, 6.45) is 1.66. The van der Waals surface area contributed by atoms with Crippen molar-refractivity contribution in [1.29, 1.82) is 0 Å². The maximum atomic E-state index is 11.2. The Kier molecular flexibility index (Phi) is 3.58. The number of rotatable bonds is 4. The summed E-state index contributed by atoms with van der Waals surface area (Å²) in [4.78, 5) is 11.2. The molecule has 0 aromatic heterocycles. The highest BCUT2D eigenvalue weighted by atomic mass is 16.1. The summed E-state index contributed by atoms with van der Waals surface area (Å²) in [5.74, 6) is 0.627. The summed E-state index contributed by atoms with van der Waals surface area (Å²) in [7, 11) is 0. The molecule has 0 spiro atoms. The minimum Gasteiger partial charge on any atom is -0.300 e. The third-order valence-corrected chi connectivity index (χ3v) is 3.27. The lowest BCUT2D eigenvalue weighted by molar-refractivity contribution is -0.117. The third kappa shape index (κ3) is 2.73. The van der Waals surface area contributed by atoms with Crippen LogP contribution in [0, 0.1) is 0 Å². The first-order chi connectivity index (χ1) is 8.20. The number of ketones is 1. The van der Waals surface area contributed by atoms with Gasteiger partial charge in [-0.2, -0.15) is 0 Å². The molecule has 1 heteroatoms. The Morgan fingerprint density at radius 2 is 1.82 bits per heavy atom. The van der Waals surface area contributed by atoms with Gasteiger partial charge in [0.15, 0.2) is 0 Å². The summed E-state index contributed by atoms with van der Waals surface area (Å²) in [5, 5.41) is 2.51. The van der Waals surface area contributed by atoms with Gasteiger partial charge in [0.05, 0.1) is 0 Å². The van der Waals surface area contributed by atoms with Crippen molar-refractivity contribution in [2.75, 3.05) is 0 Å². The molecule has 1 nitrogen and oxygen atoms in total. The Morgan fingerprint density at radius 1 is 1.12 bits per heavy atom. The van der Waals surface area contributed by atoms with E-state index in [2.05, 4.69) is 49.4 Å². The Morgan fingerprint density at radius 3 is 2.47 bits per heavy atom. The van der Waals surface area contributed by atoms with Crippen molar-refractivity contribution in [1.82, 2.24) is 0 Å². The Hall–Kier alpha value is -1.63. The normalized spacial score (nSPS) is 12.6. The lowest BCUT2D eigenvalue weighted by atomic mass is 9.90. The zero-order valence-corrected chi connectivity index (χ0v) is 10.4. The number of fused-ring (bicyclic) bond motifs is 1. The fraction of sp³-hybridized carbons (Fsp3) is 0.312. The first kappa shape index (κ1) is 11.8. The van der Waals surface area contributed by atoms with Crippen molar-refractivity contribution in [3.8, 4) is 0 Å². The summed E-state index contributed by atoms with van der Waals surface area (Å²) in [6, 6.07) is 14.9. The molecular weight excluding hydrogens is 208 g/mol. The van der Waals surface area contributed by atoms with Gasteiger partial charge in [-0.1, -0.05) is 49.4 Å². The lowest BCUT2D eigenvalue weighted by Gasteiger charge is -2.14. The van der Waals surface area contributed by atoms with Crippen LogP contribution in [0.25, 0.3) is 10.8 Å². The molecule has 2 aromatic carbocycles. The first-order valence-corrected chi connectivity index (χ1v) is 6.19. The van der Waals surface area contributed by atoms with Crippen molar-refractivity contribution in [2.24, 2.45) is 0 Å². The van der Waals surface area contributed by atoms with E-state index in [4.69, 9.17) is 0 Å². The molecule has 0 fully saturated rings. The van der Waals surface area contributed by atoms with Crippen molar-refractivity contribution in [2.45, 2.75) is 32.6 Å². The molecule has 88 valence electrons. The summed E-state index contributed by atoms with van der Waals surface area (Å²) >= 11 is 0. The smallest absolute Gasteiger partial charge is 0.130 e. The predicted octanol–water partition coefficient (Wildman–Crippen LogP) is 4.31. The summed E-state index contributed by atoms with van der Waals surface area (Å²) in [6.45, 7) is 3.81. The largest absolute Gasteiger partial charge is 0.300 e. The number of Topliss-reactive ketones (excluding diaryl/α,β-unsaturated/α-hetero) is 1. The van der Waals surface area contributed by atoms with Gasteiger partial charge < -0.3 is 4.79 Å². The van der Waals surface area contributed by atoms with Crippen LogP contribution in [0.2, 0.25) is 0 Å². The molecule has 17 heavy (non-hydrogen) atoms. The van der Waals surface area contributed by atoms with Crippen LogP contribution in [0.1, 0.15) is 38.2 Å². The molecule has 2 rings (SSSR count). The number of carbonyl (C=O) groups excluding carboxylic acids is 1. The predicted molar refractivity (Wildman–Crippen MR) is 72.3 cm³/mol. The molecule has 0 saturated heterocycles. The molecule has 0 bridgehead atoms. The van der Waals surface area contributed by atoms with E-state index in [1.165, 1.54) is 16.3 Å². The van der Waals surface area contributed by atoms with Gasteiger partial charge in [-0.15, -0.1) is 0 Å². The average molecular weight is 226 g/mol. The van der Waals surface area contributed by atoms with Crippen LogP contribution < -0.4 is 0 Å². The van der Waals surface area contributed by atoms with Crippen molar-refractivity contribution >= 4 is 16.6 Å². The van der Waals surface area contributed by atoms with E-state index in [0.717, 1.165) is 6.42 Å². The van der Waals surface area contributed by atoms with Crippen LogP contribution in [0.4, 0.5) is 0 Å². The number of hydrogen-bond donors (Lipinski definition) is 0. The molecule has 0 aliphatic heterocycles. The van der Waals surface area contributed by atoms with Crippen LogP contribution in [0.15, 0.2) is 42.5 Å². The molecule has 0 unspecified atom stereocenters. The minimum absolute atomic E-state index is 0.269. The lowest BCUT2D eigenvalue weighted by Crippen LogP contribution is -2.03. The quantitative estimate of drug-likeness (QED) is 0.759. The second kappa shape index (κ2) is 5.13. The number of hydrogen-bond acceptors (Lipinski definition) is 1. The highest BCUT2D eigenvalue weighted by Crippen LogP contribution is 2.26. The second-order valence-electron chi connectivity index (χ2n) is 4.62. The maximum absolute atomic E-state index is 11.2. The molecule has 0 amide bonds. The molecule has 0 saturated carbocycles. The van der Waals surface area contributed by atoms with E-state index in [9.17, 15) is 4.79 Å². The van der Waals surface area contributed by atoms with Gasteiger partial charge in [0.1, 0.15) is 5.78 Å². The highest BCUT2D eigenvalue weighted by Gasteiger charge is 2.11. The zero-order chi connectivity index (χ0) is 12.3. The van der Waals surface area contributed by atoms with Crippen molar-refractivity contribution in [3.05, 3.63) is 48.0 Å². The van der Waals surface area contributed by atoms with Crippen LogP contribution in [-0.2, 0) is 4.79 Å². The Labute approximate surface area is 102 Å². The molecule has 0 radical (unpaired) electrons. The number of benzene rings is 2. The van der Waals surface area contributed by atoms with Gasteiger partial charge in [-0.05, 0) is 35.6 Å². The van der Waals surface area contributed by atoms with E-state index < -0.39 is 0 Å². The SMILES string of the molecule is CC[C@@H](CC(C)=O)c1ccc2ccccc2c1. The molecule has 0 heterocycles. The molecule has 0 aliphatic rings. The van der Waals surface area contributed by atoms with Gasteiger partial charge in [-0.3, -0.25) is 0 Å². The molecule has 0 aliphatic carbocycles. The zero-order valence-electron chi connectivity index (χ0n) is 10.4. The van der Waals surface area contributed by atoms with Crippen LogP contribution >= 0.6 is 0 Å². The highest BCUT2D eigenvalue weighted by molar-refractivity contribution is 5.83. The van der Waals surface area contributed by atoms with Crippen LogP contribution in [0.5, 0.6) is 0 Å². The minimum atomic E-state index is 0.269. The molecule has 0 N–H and O–H groups in total. The maximum Gasteiger partial charge on any atom is 0.130 e. The third-order valence-electron chi connectivity index (χ3n) is 3.27. The van der Waals surface area contributed by atoms with Gasteiger partial charge in [0, 0.05) is 6.42 Å². The Balaban J connectivity index is 2.37. The topological polar surface area (TPSA) is 17.1 Å². The second-order valence-corrected chi connectivity index (χ2v) is 4.62. The van der Waals surface area contributed by atoms with Crippen LogP contribution in [0.3, 0.4) is 0 Å². The molecular formula is C16H18O. The number of carbonyl (C=O) groups is 1. The Bertz CT molecular complexity index is 528. The van der Waals surface area contributed by atoms with Gasteiger partial charge in [0.2, 0.25) is 0 Å². The fourth-order valence-corrected chi connectivity index (χ4v) is 2.31. The van der Waals surface area contributed by atoms with Gasteiger partial charge in [0.25, 0.3) is 0 Å². The monoisotopic (exact) mass is 226 g/mol. The van der Waals surface area contributed by atoms with Gasteiger partial charge in [-0.25, -0.2) is 0 Å². The summed E-state index contributed by atoms with van der Waals surface area (Å²) < 4.78 is 0. The summed E-state index contributed by atoms with van der Waals surface area (Å²) in [5.41, 5.74) is 1.28. The fourth-order valence-electron chi connectivity index (χ4n) is 2.31. The van der Waals surface area contributed by atoms with Crippen LogP contribution in [-0.4, -0.2) is 5.78 Å². The first-order valence-electron chi connectivity index (χ1n) is 6.19. The molecule has 2 aromatic rings. The standard InChI is InChI=1S/C16H18O/c1-3-13(10-12(2)17)16-9-8-14-6-4-5-7-15(14)11-16/h4-9,11,13H,3,10H2,1-2H3/t13-/m0/s1. The van der Waals surface area contributed by atoms with E-state index >= 15 is 0 Å². The van der Waals surface area contributed by atoms with Gasteiger partial charge >= 0.3 is 0 Å². The molecule has 1 atom stereocenters.